The summed E-state index contributed by atoms with van der Waals surface area (Å²) in [6.07, 6.45) is 0. The van der Waals surface area contributed by atoms with Crippen molar-refractivity contribution >= 4 is 17.5 Å². The summed E-state index contributed by atoms with van der Waals surface area (Å²) in [5.74, 6) is -2.28. The molecule has 7 nitrogen and oxygen atoms in total. The summed E-state index contributed by atoms with van der Waals surface area (Å²) >= 11 is 0. The number of nitrogens with zero attached hydrogens (tertiary/aromatic N) is 1. The van der Waals surface area contributed by atoms with E-state index < -0.39 is 17.6 Å². The number of Topliss-reactive ketones (excluding diaryl/α,β-unsaturated/α-hetero) is 2. The number of hydrogen-bond acceptors (Lipinski definition) is 6. The Balaban J connectivity index is 2.18. The molecule has 0 radical (unpaired) electrons. The number of ketones is 2. The number of carbonyl (C=O) groups is 3. The minimum absolute atomic E-state index is 0.167. The maximum Gasteiger partial charge on any atom is 0.290 e. The van der Waals surface area contributed by atoms with Crippen LogP contribution < -0.4 is 5.73 Å². The van der Waals surface area contributed by atoms with Crippen molar-refractivity contribution in [2.24, 2.45) is 11.7 Å². The molecule has 0 bridgehead atoms. The Bertz CT molecular complexity index is 345. The van der Waals surface area contributed by atoms with Crippen molar-refractivity contribution in [3.63, 3.8) is 0 Å². The third kappa shape index (κ3) is 4.70. The lowest BCUT2D eigenvalue weighted by molar-refractivity contribution is -0.142. The van der Waals surface area contributed by atoms with Gasteiger partial charge in [0.1, 0.15) is 11.7 Å². The molecule has 0 saturated carbocycles. The van der Waals surface area contributed by atoms with Crippen molar-refractivity contribution in [3.05, 3.63) is 0 Å². The molecule has 19 heavy (non-hydrogen) atoms. The summed E-state index contributed by atoms with van der Waals surface area (Å²) in [6, 6.07) is 0. The summed E-state index contributed by atoms with van der Waals surface area (Å²) in [5.41, 5.74) is 5.25. The first-order chi connectivity index (χ1) is 9.07. The van der Waals surface area contributed by atoms with Crippen LogP contribution in [0.25, 0.3) is 0 Å². The highest BCUT2D eigenvalue weighted by Gasteiger charge is 2.40. The molecule has 0 spiro atoms. The lowest BCUT2D eigenvalue weighted by atomic mass is 10.0. The molecule has 1 heterocycles. The van der Waals surface area contributed by atoms with E-state index in [1.165, 1.54) is 11.8 Å². The first kappa shape index (κ1) is 15.7. The van der Waals surface area contributed by atoms with Gasteiger partial charge in [-0.25, -0.2) is 0 Å². The van der Waals surface area contributed by atoms with Crippen molar-refractivity contribution in [1.82, 2.24) is 4.90 Å². The second-order valence-electron chi connectivity index (χ2n) is 4.29. The Hall–Kier alpha value is -1.31. The van der Waals surface area contributed by atoms with Crippen LogP contribution in [0.1, 0.15) is 6.92 Å². The molecule has 0 aromatic carbocycles. The van der Waals surface area contributed by atoms with E-state index in [-0.39, 0.29) is 12.3 Å². The topological polar surface area (TPSA) is 98.9 Å². The van der Waals surface area contributed by atoms with Gasteiger partial charge in [-0.15, -0.1) is 0 Å². The van der Waals surface area contributed by atoms with Gasteiger partial charge in [0.15, 0.2) is 0 Å². The molecule has 1 aliphatic rings. The van der Waals surface area contributed by atoms with Crippen LogP contribution in [-0.2, 0) is 23.9 Å². The van der Waals surface area contributed by atoms with Crippen LogP contribution in [-0.4, -0.2) is 68.4 Å². The monoisotopic (exact) mass is 272 g/mol. The third-order valence-corrected chi connectivity index (χ3v) is 2.85. The molecule has 1 rings (SSSR count). The third-order valence-electron chi connectivity index (χ3n) is 2.85. The van der Waals surface area contributed by atoms with Crippen LogP contribution in [0.4, 0.5) is 0 Å². The molecule has 1 unspecified atom stereocenters. The lowest BCUT2D eigenvalue weighted by Crippen LogP contribution is -2.31. The Labute approximate surface area is 112 Å². The highest BCUT2D eigenvalue weighted by atomic mass is 16.5. The highest BCUT2D eigenvalue weighted by Crippen LogP contribution is 2.14. The summed E-state index contributed by atoms with van der Waals surface area (Å²) in [6.45, 7) is 3.93. The molecule has 1 aliphatic heterocycles. The fourth-order valence-corrected chi connectivity index (χ4v) is 1.78. The number of likely N-dealkylation sites (tertiary alicyclic amines) is 1. The van der Waals surface area contributed by atoms with Crippen molar-refractivity contribution in [1.29, 1.82) is 0 Å². The standard InChI is InChI=1S/C12H20N2O5/c1-9(15)10-8-14(12(17)11(10)16)3-5-19-7-6-18-4-2-13/h10H,2-8,13H2,1H3. The lowest BCUT2D eigenvalue weighted by Gasteiger charge is -2.14. The van der Waals surface area contributed by atoms with Gasteiger partial charge in [0.05, 0.1) is 26.4 Å². The van der Waals surface area contributed by atoms with Gasteiger partial charge in [0.2, 0.25) is 5.78 Å². The summed E-state index contributed by atoms with van der Waals surface area (Å²) in [7, 11) is 0. The first-order valence-electron chi connectivity index (χ1n) is 6.27. The molecule has 7 heteroatoms. The summed E-state index contributed by atoms with van der Waals surface area (Å²) < 4.78 is 10.4. The Kier molecular flexibility index (Phi) is 6.61. The fourth-order valence-electron chi connectivity index (χ4n) is 1.78. The first-order valence-corrected chi connectivity index (χ1v) is 6.27. The molecular formula is C12H20N2O5. The predicted molar refractivity (Wildman–Crippen MR) is 66.5 cm³/mol. The molecule has 1 fully saturated rings. The zero-order valence-corrected chi connectivity index (χ0v) is 11.1. The molecule has 1 atom stereocenters. The van der Waals surface area contributed by atoms with E-state index in [4.69, 9.17) is 15.2 Å². The molecule has 0 aromatic rings. The maximum atomic E-state index is 11.6. The minimum Gasteiger partial charge on any atom is -0.378 e. The number of carbonyl (C=O) groups excluding carboxylic acids is 3. The quantitative estimate of drug-likeness (QED) is 0.315. The van der Waals surface area contributed by atoms with E-state index in [0.29, 0.717) is 39.5 Å². The highest BCUT2D eigenvalue weighted by molar-refractivity contribution is 6.42. The van der Waals surface area contributed by atoms with Gasteiger partial charge < -0.3 is 20.1 Å². The van der Waals surface area contributed by atoms with Gasteiger partial charge in [-0.2, -0.15) is 0 Å². The fraction of sp³-hybridized carbons (Fsp3) is 0.750. The van der Waals surface area contributed by atoms with Gasteiger partial charge >= 0.3 is 0 Å². The number of nitrogens with two attached hydrogens (primary N) is 1. The predicted octanol–water partition coefficient (Wildman–Crippen LogP) is -1.41. The zero-order valence-electron chi connectivity index (χ0n) is 11.1. The van der Waals surface area contributed by atoms with Crippen molar-refractivity contribution in [2.45, 2.75) is 6.92 Å². The summed E-state index contributed by atoms with van der Waals surface area (Å²) in [4.78, 5) is 35.6. The number of ether oxygens (including phenoxy) is 2. The summed E-state index contributed by atoms with van der Waals surface area (Å²) in [5, 5.41) is 0. The van der Waals surface area contributed by atoms with Gasteiger partial charge in [0, 0.05) is 19.6 Å². The number of rotatable bonds is 9. The van der Waals surface area contributed by atoms with Crippen LogP contribution in [0, 0.1) is 5.92 Å². The molecule has 2 N–H and O–H groups in total. The average molecular weight is 272 g/mol. The van der Waals surface area contributed by atoms with Crippen LogP contribution in [0.15, 0.2) is 0 Å². The minimum atomic E-state index is -0.805. The largest absolute Gasteiger partial charge is 0.378 e. The Morgan fingerprint density at radius 2 is 1.89 bits per heavy atom. The molecule has 1 amide bonds. The van der Waals surface area contributed by atoms with E-state index in [1.54, 1.807) is 0 Å². The van der Waals surface area contributed by atoms with E-state index >= 15 is 0 Å². The number of hydrogen-bond donors (Lipinski definition) is 1. The van der Waals surface area contributed by atoms with Gasteiger partial charge in [-0.3, -0.25) is 14.4 Å². The zero-order chi connectivity index (χ0) is 14.3. The second kappa shape index (κ2) is 7.98. The smallest absolute Gasteiger partial charge is 0.290 e. The van der Waals surface area contributed by atoms with Gasteiger partial charge in [0.25, 0.3) is 5.91 Å². The van der Waals surface area contributed by atoms with Crippen molar-refractivity contribution < 1.29 is 23.9 Å². The van der Waals surface area contributed by atoms with Gasteiger partial charge in [-0.1, -0.05) is 0 Å². The maximum absolute atomic E-state index is 11.6. The molecular weight excluding hydrogens is 252 g/mol. The SMILES string of the molecule is CC(=O)C1CN(CCOCCOCCN)C(=O)C1=O. The molecule has 1 saturated heterocycles. The van der Waals surface area contributed by atoms with Crippen molar-refractivity contribution in [3.8, 4) is 0 Å². The molecule has 0 aromatic heterocycles. The average Bonchev–Trinajstić information content (AvgIpc) is 2.66. The van der Waals surface area contributed by atoms with E-state index in [9.17, 15) is 14.4 Å². The Morgan fingerprint density at radius 3 is 2.42 bits per heavy atom. The van der Waals surface area contributed by atoms with Crippen LogP contribution in [0.2, 0.25) is 0 Å². The van der Waals surface area contributed by atoms with Crippen molar-refractivity contribution in [2.75, 3.05) is 46.1 Å². The number of amides is 1. The van der Waals surface area contributed by atoms with E-state index in [0.717, 1.165) is 0 Å². The van der Waals surface area contributed by atoms with Gasteiger partial charge in [-0.05, 0) is 6.92 Å². The Morgan fingerprint density at radius 1 is 1.26 bits per heavy atom. The molecule has 108 valence electrons. The molecule has 0 aliphatic carbocycles. The van der Waals surface area contributed by atoms with Crippen LogP contribution >= 0.6 is 0 Å². The van der Waals surface area contributed by atoms with Crippen LogP contribution in [0.3, 0.4) is 0 Å². The van der Waals surface area contributed by atoms with E-state index in [2.05, 4.69) is 0 Å². The van der Waals surface area contributed by atoms with E-state index in [1.807, 2.05) is 0 Å². The second-order valence-corrected chi connectivity index (χ2v) is 4.29. The van der Waals surface area contributed by atoms with Crippen LogP contribution in [0.5, 0.6) is 0 Å². The normalized spacial score (nSPS) is 19.3.